The quantitative estimate of drug-likeness (QED) is 0.782. The van der Waals surface area contributed by atoms with E-state index in [-0.39, 0.29) is 0 Å². The Hall–Kier alpha value is -1.83. The summed E-state index contributed by atoms with van der Waals surface area (Å²) in [6.45, 7) is 0. The molecule has 1 aliphatic heterocycles. The molecule has 1 atom stereocenters. The predicted octanol–water partition coefficient (Wildman–Crippen LogP) is 3.18. The average molecular weight is 210 g/mol. The SMILES string of the molecule is c1ccc([C@@H]2CCc3ccccc3N2)nc1. The molecule has 2 nitrogen and oxygen atoms in total. The molecule has 2 heterocycles. The Bertz CT molecular complexity index is 479. The molecule has 3 rings (SSSR count). The van der Waals surface area contributed by atoms with Crippen LogP contribution in [-0.2, 0) is 6.42 Å². The minimum absolute atomic E-state index is 0.357. The number of benzene rings is 1. The maximum absolute atomic E-state index is 4.41. The summed E-state index contributed by atoms with van der Waals surface area (Å²) in [4.78, 5) is 4.41. The first-order chi connectivity index (χ1) is 7.93. The summed E-state index contributed by atoms with van der Waals surface area (Å²) >= 11 is 0. The molecule has 1 aromatic heterocycles. The Labute approximate surface area is 95.3 Å². The van der Waals surface area contributed by atoms with E-state index in [2.05, 4.69) is 40.6 Å². The minimum atomic E-state index is 0.357. The van der Waals surface area contributed by atoms with Gasteiger partial charge in [-0.2, -0.15) is 0 Å². The predicted molar refractivity (Wildman–Crippen MR) is 65.4 cm³/mol. The maximum Gasteiger partial charge on any atom is 0.0688 e. The molecule has 0 radical (unpaired) electrons. The number of hydrogen-bond acceptors (Lipinski definition) is 2. The summed E-state index contributed by atoms with van der Waals surface area (Å²) in [5, 5.41) is 3.55. The van der Waals surface area contributed by atoms with Crippen molar-refractivity contribution in [2.45, 2.75) is 18.9 Å². The second kappa shape index (κ2) is 3.97. The zero-order valence-corrected chi connectivity index (χ0v) is 9.06. The van der Waals surface area contributed by atoms with Gasteiger partial charge >= 0.3 is 0 Å². The molecule has 1 N–H and O–H groups in total. The Balaban J connectivity index is 1.89. The topological polar surface area (TPSA) is 24.9 Å². The van der Waals surface area contributed by atoms with Gasteiger partial charge in [-0.1, -0.05) is 24.3 Å². The van der Waals surface area contributed by atoms with E-state index in [1.54, 1.807) is 0 Å². The Morgan fingerprint density at radius 1 is 1.06 bits per heavy atom. The Kier molecular flexibility index (Phi) is 2.33. The van der Waals surface area contributed by atoms with Crippen molar-refractivity contribution >= 4 is 5.69 Å². The molecule has 0 aliphatic carbocycles. The highest BCUT2D eigenvalue weighted by molar-refractivity contribution is 5.54. The van der Waals surface area contributed by atoms with Crippen molar-refractivity contribution in [3.8, 4) is 0 Å². The molecule has 0 spiro atoms. The first kappa shape index (κ1) is 9.40. The van der Waals surface area contributed by atoms with Crippen molar-refractivity contribution in [2.75, 3.05) is 5.32 Å². The van der Waals surface area contributed by atoms with Gasteiger partial charge in [-0.3, -0.25) is 4.98 Å². The van der Waals surface area contributed by atoms with E-state index in [0.29, 0.717) is 6.04 Å². The van der Waals surface area contributed by atoms with Gasteiger partial charge in [-0.05, 0) is 36.6 Å². The molecule has 0 saturated carbocycles. The Morgan fingerprint density at radius 2 is 1.94 bits per heavy atom. The summed E-state index contributed by atoms with van der Waals surface area (Å²) in [5.41, 5.74) is 3.80. The van der Waals surface area contributed by atoms with Crippen LogP contribution in [-0.4, -0.2) is 4.98 Å². The number of nitrogens with zero attached hydrogens (tertiary/aromatic N) is 1. The summed E-state index contributed by atoms with van der Waals surface area (Å²) < 4.78 is 0. The van der Waals surface area contributed by atoms with Gasteiger partial charge in [-0.15, -0.1) is 0 Å². The van der Waals surface area contributed by atoms with Gasteiger partial charge in [0.25, 0.3) is 0 Å². The van der Waals surface area contributed by atoms with Gasteiger partial charge < -0.3 is 5.32 Å². The number of hydrogen-bond donors (Lipinski definition) is 1. The zero-order chi connectivity index (χ0) is 10.8. The van der Waals surface area contributed by atoms with Gasteiger partial charge in [0.15, 0.2) is 0 Å². The second-order valence-corrected chi connectivity index (χ2v) is 4.15. The third kappa shape index (κ3) is 1.67. The van der Waals surface area contributed by atoms with Crippen molar-refractivity contribution < 1.29 is 0 Å². The first-order valence-electron chi connectivity index (χ1n) is 5.69. The van der Waals surface area contributed by atoms with Crippen LogP contribution in [0.4, 0.5) is 5.69 Å². The molecular weight excluding hydrogens is 196 g/mol. The van der Waals surface area contributed by atoms with Crippen LogP contribution in [0, 0.1) is 0 Å². The van der Waals surface area contributed by atoms with Gasteiger partial charge in [0.1, 0.15) is 0 Å². The number of pyridine rings is 1. The summed E-state index contributed by atoms with van der Waals surface area (Å²) in [7, 11) is 0. The second-order valence-electron chi connectivity index (χ2n) is 4.15. The van der Waals surface area contributed by atoms with Crippen LogP contribution in [0.25, 0.3) is 0 Å². The van der Waals surface area contributed by atoms with Crippen LogP contribution < -0.4 is 5.32 Å². The lowest BCUT2D eigenvalue weighted by atomic mass is 9.96. The van der Waals surface area contributed by atoms with Crippen LogP contribution >= 0.6 is 0 Å². The van der Waals surface area contributed by atoms with E-state index in [1.165, 1.54) is 11.3 Å². The number of para-hydroxylation sites is 1. The van der Waals surface area contributed by atoms with Crippen LogP contribution in [0.1, 0.15) is 23.7 Å². The molecule has 1 aliphatic rings. The van der Waals surface area contributed by atoms with Crippen molar-refractivity contribution in [1.82, 2.24) is 4.98 Å². The molecule has 0 bridgehead atoms. The van der Waals surface area contributed by atoms with Gasteiger partial charge in [0, 0.05) is 11.9 Å². The lowest BCUT2D eigenvalue weighted by Gasteiger charge is -2.26. The van der Waals surface area contributed by atoms with Gasteiger partial charge in [0.2, 0.25) is 0 Å². The van der Waals surface area contributed by atoms with E-state index in [0.717, 1.165) is 18.5 Å². The van der Waals surface area contributed by atoms with Gasteiger partial charge in [0.05, 0.1) is 11.7 Å². The van der Waals surface area contributed by atoms with Crippen molar-refractivity contribution in [3.05, 3.63) is 59.9 Å². The van der Waals surface area contributed by atoms with E-state index in [9.17, 15) is 0 Å². The van der Waals surface area contributed by atoms with E-state index in [4.69, 9.17) is 0 Å². The fourth-order valence-electron chi connectivity index (χ4n) is 2.24. The van der Waals surface area contributed by atoms with Gasteiger partial charge in [-0.25, -0.2) is 0 Å². The third-order valence-electron chi connectivity index (χ3n) is 3.09. The first-order valence-corrected chi connectivity index (χ1v) is 5.69. The van der Waals surface area contributed by atoms with Crippen LogP contribution in [0.5, 0.6) is 0 Å². The molecule has 0 unspecified atom stereocenters. The van der Waals surface area contributed by atoms with Crippen molar-refractivity contribution in [1.29, 1.82) is 0 Å². The molecule has 16 heavy (non-hydrogen) atoms. The Morgan fingerprint density at radius 3 is 2.81 bits per heavy atom. The lowest BCUT2D eigenvalue weighted by Crippen LogP contribution is -2.18. The molecule has 0 amide bonds. The number of aromatic nitrogens is 1. The van der Waals surface area contributed by atoms with Crippen molar-refractivity contribution in [2.24, 2.45) is 0 Å². The number of anilines is 1. The number of rotatable bonds is 1. The van der Waals surface area contributed by atoms with E-state index >= 15 is 0 Å². The van der Waals surface area contributed by atoms with E-state index in [1.807, 2.05) is 18.3 Å². The smallest absolute Gasteiger partial charge is 0.0688 e. The standard InChI is InChI=1S/C14H14N2/c1-2-6-12-11(5-1)8-9-14(16-12)13-7-3-4-10-15-13/h1-7,10,14,16H,8-9H2/t14-/m0/s1. The molecule has 80 valence electrons. The summed E-state index contributed by atoms with van der Waals surface area (Å²) in [5.74, 6) is 0. The highest BCUT2D eigenvalue weighted by Gasteiger charge is 2.18. The number of fused-ring (bicyclic) bond motifs is 1. The molecule has 1 aromatic carbocycles. The third-order valence-corrected chi connectivity index (χ3v) is 3.09. The number of aryl methyl sites for hydroxylation is 1. The maximum atomic E-state index is 4.41. The molecular formula is C14H14N2. The summed E-state index contributed by atoms with van der Waals surface area (Å²) in [6, 6.07) is 15.0. The largest absolute Gasteiger partial charge is 0.376 e. The summed E-state index contributed by atoms with van der Waals surface area (Å²) in [6.07, 6.45) is 4.11. The normalized spacial score (nSPS) is 18.6. The molecule has 2 aromatic rings. The minimum Gasteiger partial charge on any atom is -0.376 e. The fraction of sp³-hybridized carbons (Fsp3) is 0.214. The van der Waals surface area contributed by atoms with Crippen LogP contribution in [0.15, 0.2) is 48.7 Å². The molecule has 0 fully saturated rings. The fourth-order valence-corrected chi connectivity index (χ4v) is 2.24. The highest BCUT2D eigenvalue weighted by Crippen LogP contribution is 2.31. The number of nitrogens with one attached hydrogen (secondary N) is 1. The highest BCUT2D eigenvalue weighted by atomic mass is 15.0. The molecule has 0 saturated heterocycles. The van der Waals surface area contributed by atoms with Crippen molar-refractivity contribution in [3.63, 3.8) is 0 Å². The monoisotopic (exact) mass is 210 g/mol. The van der Waals surface area contributed by atoms with Crippen LogP contribution in [0.2, 0.25) is 0 Å². The average Bonchev–Trinajstić information content (AvgIpc) is 2.39. The lowest BCUT2D eigenvalue weighted by molar-refractivity contribution is 0.651. The van der Waals surface area contributed by atoms with E-state index < -0.39 is 0 Å². The zero-order valence-electron chi connectivity index (χ0n) is 9.06. The van der Waals surface area contributed by atoms with Crippen LogP contribution in [0.3, 0.4) is 0 Å². The molecule has 2 heteroatoms.